The maximum absolute atomic E-state index is 13.5. The zero-order valence-corrected chi connectivity index (χ0v) is 18.2. The summed E-state index contributed by atoms with van der Waals surface area (Å²) in [5, 5.41) is 6.30. The molecule has 8 heteroatoms. The average Bonchev–Trinajstić information content (AvgIpc) is 3.22. The molecule has 0 radical (unpaired) electrons. The number of para-hydroxylation sites is 1. The summed E-state index contributed by atoms with van der Waals surface area (Å²) < 4.78 is 19.5. The highest BCUT2D eigenvalue weighted by Gasteiger charge is 2.25. The number of benzene rings is 3. The summed E-state index contributed by atoms with van der Waals surface area (Å²) in [5.41, 5.74) is 1.80. The van der Waals surface area contributed by atoms with E-state index >= 15 is 0 Å². The first-order valence-corrected chi connectivity index (χ1v) is 10.8. The lowest BCUT2D eigenvalue weighted by atomic mass is 10.2. The largest absolute Gasteiger partial charge is 0.422 e. The zero-order chi connectivity index (χ0) is 22.9. The molecule has 3 aromatic carbocycles. The third-order valence-corrected chi connectivity index (χ3v) is 5.96. The molecule has 0 atom stereocenters. The molecule has 5 rings (SSSR count). The van der Waals surface area contributed by atoms with E-state index in [-0.39, 0.29) is 11.4 Å². The second-order valence-electron chi connectivity index (χ2n) is 7.37. The molecule has 0 aliphatic rings. The molecule has 0 saturated heterocycles. The molecule has 6 nitrogen and oxygen atoms in total. The SMILES string of the molecule is Cc1ccc2nc(N(/N=C/c3ccc(F)cc3)C(=O)c3cc4ccccc4oc3=O)sc2c1. The first kappa shape index (κ1) is 20.7. The molecule has 0 fully saturated rings. The van der Waals surface area contributed by atoms with E-state index in [1.54, 1.807) is 24.3 Å². The lowest BCUT2D eigenvalue weighted by Crippen LogP contribution is -2.30. The third-order valence-electron chi connectivity index (χ3n) is 4.97. The molecule has 1 amide bonds. The molecule has 2 heterocycles. The lowest BCUT2D eigenvalue weighted by molar-refractivity contribution is 0.0984. The number of anilines is 1. The van der Waals surface area contributed by atoms with Gasteiger partial charge in [0.25, 0.3) is 5.91 Å². The predicted molar refractivity (Wildman–Crippen MR) is 128 cm³/mol. The molecule has 2 aromatic heterocycles. The minimum Gasteiger partial charge on any atom is -0.422 e. The first-order valence-electron chi connectivity index (χ1n) is 10.0. The monoisotopic (exact) mass is 457 g/mol. The highest BCUT2D eigenvalue weighted by Crippen LogP contribution is 2.30. The number of fused-ring (bicyclic) bond motifs is 2. The number of hydrogen-bond donors (Lipinski definition) is 0. The van der Waals surface area contributed by atoms with Crippen LogP contribution in [0.25, 0.3) is 21.2 Å². The number of carbonyl (C=O) groups excluding carboxylic acids is 1. The molecule has 0 N–H and O–H groups in total. The van der Waals surface area contributed by atoms with E-state index < -0.39 is 11.5 Å². The van der Waals surface area contributed by atoms with Gasteiger partial charge in [-0.25, -0.2) is 14.2 Å². The van der Waals surface area contributed by atoms with Crippen molar-refractivity contribution in [3.63, 3.8) is 0 Å². The smallest absolute Gasteiger partial charge is 0.349 e. The van der Waals surface area contributed by atoms with Crippen LogP contribution in [0.15, 0.2) is 87.1 Å². The Balaban J connectivity index is 1.62. The molecule has 162 valence electrons. The predicted octanol–water partition coefficient (Wildman–Crippen LogP) is 5.53. The number of amides is 1. The Hall–Kier alpha value is -4.17. The van der Waals surface area contributed by atoms with Gasteiger partial charge in [0.2, 0.25) is 5.13 Å². The summed E-state index contributed by atoms with van der Waals surface area (Å²) in [6.45, 7) is 1.97. The highest BCUT2D eigenvalue weighted by atomic mass is 32.1. The number of rotatable bonds is 4. The Labute approximate surface area is 191 Å². The van der Waals surface area contributed by atoms with Crippen LogP contribution in [-0.2, 0) is 0 Å². The van der Waals surface area contributed by atoms with E-state index in [9.17, 15) is 14.0 Å². The summed E-state index contributed by atoms with van der Waals surface area (Å²) in [6.07, 6.45) is 1.41. The molecule has 0 saturated carbocycles. The Kier molecular flexibility index (Phi) is 5.27. The van der Waals surface area contributed by atoms with Gasteiger partial charge in [-0.05, 0) is 54.4 Å². The Morgan fingerprint density at radius 3 is 2.70 bits per heavy atom. The van der Waals surface area contributed by atoms with Gasteiger partial charge in [-0.15, -0.1) is 0 Å². The molecule has 0 spiro atoms. The minimum absolute atomic E-state index is 0.166. The van der Waals surface area contributed by atoms with Gasteiger partial charge in [0.05, 0.1) is 16.4 Å². The number of halogens is 1. The molecule has 33 heavy (non-hydrogen) atoms. The standard InChI is InChI=1S/C25H16FN3O3S/c1-15-6-11-20-22(12-15)33-25(28-20)29(27-14-16-7-9-18(26)10-8-16)23(30)19-13-17-4-2-3-5-21(17)32-24(19)31/h2-14H,1H3/b27-14+. The molecule has 0 unspecified atom stereocenters. The molecule has 5 aromatic rings. The second-order valence-corrected chi connectivity index (χ2v) is 8.38. The van der Waals surface area contributed by atoms with Crippen LogP contribution < -0.4 is 10.6 Å². The Bertz CT molecular complexity index is 1590. The van der Waals surface area contributed by atoms with Crippen molar-refractivity contribution < 1.29 is 13.6 Å². The van der Waals surface area contributed by atoms with Crippen LogP contribution in [0.2, 0.25) is 0 Å². The Morgan fingerprint density at radius 2 is 1.88 bits per heavy atom. The minimum atomic E-state index is -0.766. The van der Waals surface area contributed by atoms with Crippen LogP contribution in [-0.4, -0.2) is 17.1 Å². The van der Waals surface area contributed by atoms with Crippen molar-refractivity contribution in [2.24, 2.45) is 5.10 Å². The zero-order valence-electron chi connectivity index (χ0n) is 17.4. The highest BCUT2D eigenvalue weighted by molar-refractivity contribution is 7.22. The van der Waals surface area contributed by atoms with E-state index in [2.05, 4.69) is 10.1 Å². The van der Waals surface area contributed by atoms with Crippen molar-refractivity contribution in [1.82, 2.24) is 4.98 Å². The number of hydrogen-bond acceptors (Lipinski definition) is 6. The number of aromatic nitrogens is 1. The average molecular weight is 457 g/mol. The Morgan fingerprint density at radius 1 is 1.09 bits per heavy atom. The van der Waals surface area contributed by atoms with Gasteiger partial charge in [-0.3, -0.25) is 4.79 Å². The fraction of sp³-hybridized carbons (Fsp3) is 0.0400. The van der Waals surface area contributed by atoms with Gasteiger partial charge < -0.3 is 4.42 Å². The number of aryl methyl sites for hydroxylation is 1. The van der Waals surface area contributed by atoms with E-state index in [0.29, 0.717) is 27.2 Å². The van der Waals surface area contributed by atoms with Crippen molar-refractivity contribution in [2.45, 2.75) is 6.92 Å². The fourth-order valence-corrected chi connectivity index (χ4v) is 4.32. The summed E-state index contributed by atoms with van der Waals surface area (Å²) >= 11 is 1.28. The van der Waals surface area contributed by atoms with Crippen LogP contribution in [0.1, 0.15) is 21.5 Å². The molecule has 0 bridgehead atoms. The van der Waals surface area contributed by atoms with Crippen LogP contribution in [0.5, 0.6) is 0 Å². The van der Waals surface area contributed by atoms with Crippen LogP contribution in [0, 0.1) is 12.7 Å². The third kappa shape index (κ3) is 4.16. The molecular weight excluding hydrogens is 441 g/mol. The normalized spacial score (nSPS) is 11.5. The van der Waals surface area contributed by atoms with Crippen LogP contribution in [0.4, 0.5) is 9.52 Å². The van der Waals surface area contributed by atoms with Gasteiger partial charge in [0, 0.05) is 5.39 Å². The summed E-state index contributed by atoms with van der Waals surface area (Å²) in [7, 11) is 0. The maximum atomic E-state index is 13.5. The van der Waals surface area contributed by atoms with Crippen molar-refractivity contribution in [3.8, 4) is 0 Å². The van der Waals surface area contributed by atoms with Crippen molar-refractivity contribution in [1.29, 1.82) is 0 Å². The van der Waals surface area contributed by atoms with Gasteiger partial charge in [0.15, 0.2) is 0 Å². The van der Waals surface area contributed by atoms with Crippen LogP contribution >= 0.6 is 11.3 Å². The summed E-state index contributed by atoms with van der Waals surface area (Å²) in [4.78, 5) is 30.6. The number of nitrogens with zero attached hydrogens (tertiary/aromatic N) is 3. The van der Waals surface area contributed by atoms with Crippen molar-refractivity contribution in [3.05, 3.63) is 106 Å². The van der Waals surface area contributed by atoms with Gasteiger partial charge >= 0.3 is 5.63 Å². The molecule has 0 aliphatic heterocycles. The number of thiazole rings is 1. The number of hydrazone groups is 1. The topological polar surface area (TPSA) is 75.8 Å². The van der Waals surface area contributed by atoms with Gasteiger partial charge in [-0.1, -0.05) is 47.7 Å². The van der Waals surface area contributed by atoms with E-state index in [1.807, 2.05) is 25.1 Å². The van der Waals surface area contributed by atoms with Gasteiger partial charge in [-0.2, -0.15) is 10.1 Å². The molecular formula is C25H16FN3O3S. The maximum Gasteiger partial charge on any atom is 0.349 e. The van der Waals surface area contributed by atoms with Crippen molar-refractivity contribution >= 4 is 49.8 Å². The van der Waals surface area contributed by atoms with E-state index in [0.717, 1.165) is 15.3 Å². The fourth-order valence-electron chi connectivity index (χ4n) is 3.30. The van der Waals surface area contributed by atoms with E-state index in [1.165, 1.54) is 47.9 Å². The lowest BCUT2D eigenvalue weighted by Gasteiger charge is -2.13. The second kappa shape index (κ2) is 8.40. The number of carbonyl (C=O) groups is 1. The van der Waals surface area contributed by atoms with Crippen LogP contribution in [0.3, 0.4) is 0 Å². The summed E-state index contributed by atoms with van der Waals surface area (Å²) in [6, 6.07) is 19.9. The molecule has 0 aliphatic carbocycles. The quantitative estimate of drug-likeness (QED) is 0.202. The summed E-state index contributed by atoms with van der Waals surface area (Å²) in [5.74, 6) is -1.06. The first-order chi connectivity index (χ1) is 16.0. The van der Waals surface area contributed by atoms with E-state index in [4.69, 9.17) is 4.42 Å². The van der Waals surface area contributed by atoms with Crippen molar-refractivity contribution in [2.75, 3.05) is 5.01 Å². The van der Waals surface area contributed by atoms with Gasteiger partial charge in [0.1, 0.15) is 17.0 Å².